The lowest BCUT2D eigenvalue weighted by atomic mass is 10.0. The molecule has 0 aliphatic carbocycles. The highest BCUT2D eigenvalue weighted by Crippen LogP contribution is 2.24. The van der Waals surface area contributed by atoms with Crippen LogP contribution >= 0.6 is 0 Å². The second kappa shape index (κ2) is 7.97. The highest BCUT2D eigenvalue weighted by molar-refractivity contribution is 5.94. The summed E-state index contributed by atoms with van der Waals surface area (Å²) in [5.41, 5.74) is 2.25. The molecule has 0 saturated carbocycles. The number of rotatable bonds is 6. The quantitative estimate of drug-likeness (QED) is 0.548. The van der Waals surface area contributed by atoms with Crippen molar-refractivity contribution in [3.8, 4) is 11.4 Å². The predicted octanol–water partition coefficient (Wildman–Crippen LogP) is 2.53. The van der Waals surface area contributed by atoms with Crippen LogP contribution in [-0.2, 0) is 7.05 Å². The lowest BCUT2D eigenvalue weighted by Gasteiger charge is -2.20. The molecule has 1 amide bonds. The Morgan fingerprint density at radius 3 is 2.66 bits per heavy atom. The standard InChI is InChI=1S/C21H20N6O2/c1-26-11-10-23-20(26)19(16-4-3-5-18(12-16)29-2)25-21(28)15-6-8-17(9-7-15)27-14-22-13-24-27/h3-14,19H,1-2H3,(H,25,28). The number of aromatic nitrogens is 5. The number of methoxy groups -OCH3 is 1. The molecule has 0 spiro atoms. The first-order chi connectivity index (χ1) is 14.2. The molecule has 4 rings (SSSR count). The van der Waals surface area contributed by atoms with Crippen molar-refractivity contribution >= 4 is 5.91 Å². The molecule has 0 radical (unpaired) electrons. The lowest BCUT2D eigenvalue weighted by Crippen LogP contribution is -2.31. The summed E-state index contributed by atoms with van der Waals surface area (Å²) < 4.78 is 8.86. The topological polar surface area (TPSA) is 86.9 Å². The van der Waals surface area contributed by atoms with Crippen molar-refractivity contribution < 1.29 is 9.53 Å². The molecule has 2 aromatic heterocycles. The molecule has 8 nitrogen and oxygen atoms in total. The van der Waals surface area contributed by atoms with Gasteiger partial charge in [-0.1, -0.05) is 12.1 Å². The molecule has 1 unspecified atom stereocenters. The molecule has 4 aromatic rings. The minimum Gasteiger partial charge on any atom is -0.497 e. The van der Waals surface area contributed by atoms with Crippen LogP contribution in [0.3, 0.4) is 0 Å². The summed E-state index contributed by atoms with van der Waals surface area (Å²) >= 11 is 0. The Morgan fingerprint density at radius 2 is 2.00 bits per heavy atom. The normalized spacial score (nSPS) is 11.8. The van der Waals surface area contributed by atoms with E-state index in [1.165, 1.54) is 6.33 Å². The van der Waals surface area contributed by atoms with Gasteiger partial charge < -0.3 is 14.6 Å². The maximum atomic E-state index is 13.0. The first kappa shape index (κ1) is 18.4. The fourth-order valence-corrected chi connectivity index (χ4v) is 3.09. The van der Waals surface area contributed by atoms with Gasteiger partial charge in [-0.25, -0.2) is 14.6 Å². The van der Waals surface area contributed by atoms with E-state index in [0.29, 0.717) is 11.3 Å². The number of amides is 1. The number of hydrogen-bond acceptors (Lipinski definition) is 5. The van der Waals surface area contributed by atoms with Gasteiger partial charge in [0.15, 0.2) is 0 Å². The number of nitrogens with one attached hydrogen (secondary N) is 1. The van der Waals surface area contributed by atoms with Crippen molar-refractivity contribution in [3.63, 3.8) is 0 Å². The zero-order valence-corrected chi connectivity index (χ0v) is 16.1. The zero-order chi connectivity index (χ0) is 20.2. The Labute approximate surface area is 167 Å². The number of carbonyl (C=O) groups is 1. The van der Waals surface area contributed by atoms with Crippen molar-refractivity contribution in [1.82, 2.24) is 29.6 Å². The lowest BCUT2D eigenvalue weighted by molar-refractivity contribution is 0.0941. The van der Waals surface area contributed by atoms with Gasteiger partial charge in [0.25, 0.3) is 5.91 Å². The molecule has 2 heterocycles. The monoisotopic (exact) mass is 388 g/mol. The van der Waals surface area contributed by atoms with Gasteiger partial charge in [0.05, 0.1) is 12.8 Å². The number of benzene rings is 2. The van der Waals surface area contributed by atoms with Crippen molar-refractivity contribution in [1.29, 1.82) is 0 Å². The Bertz CT molecular complexity index is 1100. The molecule has 0 fully saturated rings. The van der Waals surface area contributed by atoms with Crippen molar-refractivity contribution in [2.24, 2.45) is 7.05 Å². The largest absolute Gasteiger partial charge is 0.497 e. The number of hydrogen-bond donors (Lipinski definition) is 1. The minimum absolute atomic E-state index is 0.203. The van der Waals surface area contributed by atoms with E-state index in [9.17, 15) is 4.79 Å². The van der Waals surface area contributed by atoms with Gasteiger partial charge in [0, 0.05) is 25.0 Å². The fourth-order valence-electron chi connectivity index (χ4n) is 3.09. The average molecular weight is 388 g/mol. The van der Waals surface area contributed by atoms with E-state index < -0.39 is 6.04 Å². The van der Waals surface area contributed by atoms with Gasteiger partial charge in [-0.2, -0.15) is 5.10 Å². The smallest absolute Gasteiger partial charge is 0.252 e. The van der Waals surface area contributed by atoms with Gasteiger partial charge in [0.2, 0.25) is 0 Å². The average Bonchev–Trinajstić information content (AvgIpc) is 3.44. The van der Waals surface area contributed by atoms with Crippen LogP contribution in [0.25, 0.3) is 5.69 Å². The third-order valence-electron chi connectivity index (χ3n) is 4.63. The highest BCUT2D eigenvalue weighted by Gasteiger charge is 2.22. The van der Waals surface area contributed by atoms with E-state index in [1.54, 1.807) is 36.4 Å². The molecule has 8 heteroatoms. The van der Waals surface area contributed by atoms with E-state index in [1.807, 2.05) is 54.2 Å². The van der Waals surface area contributed by atoms with Gasteiger partial charge in [0.1, 0.15) is 30.3 Å². The summed E-state index contributed by atoms with van der Waals surface area (Å²) in [6.07, 6.45) is 6.63. The summed E-state index contributed by atoms with van der Waals surface area (Å²) in [7, 11) is 3.51. The van der Waals surface area contributed by atoms with Crippen LogP contribution in [0.1, 0.15) is 27.8 Å². The Hall–Kier alpha value is -3.94. The first-order valence-electron chi connectivity index (χ1n) is 9.03. The van der Waals surface area contributed by atoms with Crippen LogP contribution in [0.2, 0.25) is 0 Å². The number of ether oxygens (including phenoxy) is 1. The molecule has 146 valence electrons. The molecular weight excluding hydrogens is 368 g/mol. The minimum atomic E-state index is -0.424. The maximum absolute atomic E-state index is 13.0. The molecule has 0 aliphatic heterocycles. The van der Waals surface area contributed by atoms with Gasteiger partial charge in [-0.3, -0.25) is 4.79 Å². The molecule has 0 bridgehead atoms. The van der Waals surface area contributed by atoms with Crippen molar-refractivity contribution in [2.45, 2.75) is 6.04 Å². The number of imidazole rings is 1. The highest BCUT2D eigenvalue weighted by atomic mass is 16.5. The third kappa shape index (κ3) is 3.86. The van der Waals surface area contributed by atoms with Crippen molar-refractivity contribution in [3.05, 3.63) is 90.5 Å². The molecule has 29 heavy (non-hydrogen) atoms. The van der Waals surface area contributed by atoms with Crippen molar-refractivity contribution in [2.75, 3.05) is 7.11 Å². The summed E-state index contributed by atoms with van der Waals surface area (Å²) in [5, 5.41) is 7.18. The molecule has 1 N–H and O–H groups in total. The number of aryl methyl sites for hydroxylation is 1. The summed E-state index contributed by atoms with van der Waals surface area (Å²) in [4.78, 5) is 21.3. The molecule has 0 saturated heterocycles. The van der Waals surface area contributed by atoms with Crippen LogP contribution < -0.4 is 10.1 Å². The van der Waals surface area contributed by atoms with Crippen LogP contribution in [0.15, 0.2) is 73.6 Å². The SMILES string of the molecule is COc1cccc(C(NC(=O)c2ccc(-n3cncn3)cc2)c2nccn2C)c1. The maximum Gasteiger partial charge on any atom is 0.252 e. The van der Waals surface area contributed by atoms with Gasteiger partial charge in [-0.15, -0.1) is 0 Å². The molecule has 0 aliphatic rings. The summed E-state index contributed by atoms with van der Waals surface area (Å²) in [6.45, 7) is 0. The van der Waals surface area contributed by atoms with E-state index in [-0.39, 0.29) is 5.91 Å². The second-order valence-electron chi connectivity index (χ2n) is 6.47. The number of carbonyl (C=O) groups excluding carboxylic acids is 1. The Kier molecular flexibility index (Phi) is 5.07. The van der Waals surface area contributed by atoms with E-state index in [0.717, 1.165) is 17.1 Å². The summed E-state index contributed by atoms with van der Waals surface area (Å²) in [5.74, 6) is 1.24. The Morgan fingerprint density at radius 1 is 1.17 bits per heavy atom. The summed E-state index contributed by atoms with van der Waals surface area (Å²) in [6, 6.07) is 14.3. The molecular formula is C21H20N6O2. The van der Waals surface area contributed by atoms with E-state index in [4.69, 9.17) is 4.74 Å². The third-order valence-corrected chi connectivity index (χ3v) is 4.63. The van der Waals surface area contributed by atoms with Crippen LogP contribution in [0, 0.1) is 0 Å². The van der Waals surface area contributed by atoms with E-state index >= 15 is 0 Å². The zero-order valence-electron chi connectivity index (χ0n) is 16.1. The van der Waals surface area contributed by atoms with Gasteiger partial charge in [-0.05, 0) is 42.0 Å². The van der Waals surface area contributed by atoms with Crippen LogP contribution in [0.4, 0.5) is 0 Å². The molecule has 1 atom stereocenters. The first-order valence-corrected chi connectivity index (χ1v) is 9.03. The Balaban J connectivity index is 1.62. The molecule has 2 aromatic carbocycles. The predicted molar refractivity (Wildman–Crippen MR) is 107 cm³/mol. The van der Waals surface area contributed by atoms with Crippen LogP contribution in [-0.4, -0.2) is 37.3 Å². The van der Waals surface area contributed by atoms with E-state index in [2.05, 4.69) is 20.4 Å². The van der Waals surface area contributed by atoms with Gasteiger partial charge >= 0.3 is 0 Å². The fraction of sp³-hybridized carbons (Fsp3) is 0.143. The van der Waals surface area contributed by atoms with Crippen LogP contribution in [0.5, 0.6) is 5.75 Å². The number of nitrogens with zero attached hydrogens (tertiary/aromatic N) is 5. The second-order valence-corrected chi connectivity index (χ2v) is 6.47.